The Labute approximate surface area is 128 Å². The van der Waals surface area contributed by atoms with E-state index < -0.39 is 0 Å². The van der Waals surface area contributed by atoms with Crippen LogP contribution in [-0.4, -0.2) is 37.6 Å². The van der Waals surface area contributed by atoms with Gasteiger partial charge in [-0.25, -0.2) is 0 Å². The molecular formula is C15H30O4S. The molecule has 1 fully saturated rings. The molecule has 1 atom stereocenters. The van der Waals surface area contributed by atoms with E-state index in [0.717, 1.165) is 51.1 Å². The first kappa shape index (κ1) is 19.7. The molecule has 0 aromatic carbocycles. The van der Waals surface area contributed by atoms with Crippen molar-refractivity contribution in [2.75, 3.05) is 25.6 Å². The Morgan fingerprint density at radius 1 is 1.30 bits per heavy atom. The summed E-state index contributed by atoms with van der Waals surface area (Å²) in [5, 5.41) is 0. The van der Waals surface area contributed by atoms with E-state index in [1.807, 2.05) is 6.92 Å². The first-order chi connectivity index (χ1) is 9.74. The molecule has 5 heteroatoms. The zero-order valence-electron chi connectivity index (χ0n) is 13.2. The first-order valence-electron chi connectivity index (χ1n) is 7.76. The van der Waals surface area contributed by atoms with Gasteiger partial charge in [0.05, 0.1) is 12.7 Å². The van der Waals surface area contributed by atoms with Crippen molar-refractivity contribution in [1.29, 1.82) is 0 Å². The van der Waals surface area contributed by atoms with Gasteiger partial charge in [0.2, 0.25) is 0 Å². The minimum atomic E-state index is -0.0750. The molecular weight excluding hydrogens is 276 g/mol. The second-order valence-electron chi connectivity index (χ2n) is 4.59. The summed E-state index contributed by atoms with van der Waals surface area (Å²) in [6.45, 7) is 8.27. The Kier molecular flexibility index (Phi) is 14.9. The standard InChI is InChI=1S/C11H20O3.C4H10OS/c1-2-3-4-7-11(12)14-9-10-6-5-8-13-10;1-3-5-6-4-2/h10H,2-9H2,1H3;3-4H2,1-2H3. The van der Waals surface area contributed by atoms with Crippen LogP contribution >= 0.6 is 12.0 Å². The third-order valence-electron chi connectivity index (χ3n) is 2.76. The van der Waals surface area contributed by atoms with E-state index in [-0.39, 0.29) is 12.1 Å². The smallest absolute Gasteiger partial charge is 0.305 e. The summed E-state index contributed by atoms with van der Waals surface area (Å²) in [7, 11) is 0. The maximum Gasteiger partial charge on any atom is 0.305 e. The molecule has 1 aliphatic rings. The van der Waals surface area contributed by atoms with Crippen molar-refractivity contribution in [3.05, 3.63) is 0 Å². The summed E-state index contributed by atoms with van der Waals surface area (Å²) in [5.74, 6) is 0.974. The quantitative estimate of drug-likeness (QED) is 0.366. The number of esters is 1. The van der Waals surface area contributed by atoms with Gasteiger partial charge in [-0.3, -0.25) is 4.79 Å². The highest BCUT2D eigenvalue weighted by molar-refractivity contribution is 7.94. The fourth-order valence-corrected chi connectivity index (χ4v) is 2.05. The predicted octanol–water partition coefficient (Wildman–Crippen LogP) is 3.98. The van der Waals surface area contributed by atoms with E-state index in [1.54, 1.807) is 0 Å². The van der Waals surface area contributed by atoms with Gasteiger partial charge >= 0.3 is 5.97 Å². The van der Waals surface area contributed by atoms with Gasteiger partial charge in [-0.1, -0.05) is 26.7 Å². The van der Waals surface area contributed by atoms with E-state index in [1.165, 1.54) is 12.0 Å². The normalized spacial score (nSPS) is 17.4. The number of hydrogen-bond acceptors (Lipinski definition) is 5. The lowest BCUT2D eigenvalue weighted by molar-refractivity contribution is -0.147. The Morgan fingerprint density at radius 3 is 2.60 bits per heavy atom. The van der Waals surface area contributed by atoms with Crippen molar-refractivity contribution in [2.45, 2.75) is 65.4 Å². The van der Waals surface area contributed by atoms with Gasteiger partial charge in [-0.05, 0) is 38.2 Å². The van der Waals surface area contributed by atoms with Crippen molar-refractivity contribution in [3.8, 4) is 0 Å². The highest BCUT2D eigenvalue weighted by Gasteiger charge is 2.17. The Morgan fingerprint density at radius 2 is 2.10 bits per heavy atom. The summed E-state index contributed by atoms with van der Waals surface area (Å²) in [5.41, 5.74) is 0. The van der Waals surface area contributed by atoms with Gasteiger partial charge in [0.25, 0.3) is 0 Å². The largest absolute Gasteiger partial charge is 0.463 e. The van der Waals surface area contributed by atoms with Crippen LogP contribution in [0.2, 0.25) is 0 Å². The third kappa shape index (κ3) is 12.8. The lowest BCUT2D eigenvalue weighted by atomic mass is 10.2. The average molecular weight is 306 g/mol. The SMILES string of the molecule is CCCCCC(=O)OCC1CCCO1.CCOSCC. The highest BCUT2D eigenvalue weighted by Crippen LogP contribution is 2.12. The molecule has 120 valence electrons. The van der Waals surface area contributed by atoms with Crippen LogP contribution in [0.15, 0.2) is 0 Å². The minimum absolute atomic E-state index is 0.0750. The molecule has 4 nitrogen and oxygen atoms in total. The summed E-state index contributed by atoms with van der Waals surface area (Å²) in [6.07, 6.45) is 6.03. The molecule has 0 radical (unpaired) electrons. The third-order valence-corrected chi connectivity index (χ3v) is 3.40. The molecule has 1 rings (SSSR count). The lowest BCUT2D eigenvalue weighted by Gasteiger charge is -2.09. The number of rotatable bonds is 9. The Balaban J connectivity index is 0.000000511. The van der Waals surface area contributed by atoms with E-state index in [9.17, 15) is 4.79 Å². The van der Waals surface area contributed by atoms with E-state index in [0.29, 0.717) is 13.0 Å². The van der Waals surface area contributed by atoms with Crippen LogP contribution in [0, 0.1) is 0 Å². The van der Waals surface area contributed by atoms with E-state index in [4.69, 9.17) is 13.7 Å². The Hall–Kier alpha value is -0.260. The topological polar surface area (TPSA) is 44.8 Å². The summed E-state index contributed by atoms with van der Waals surface area (Å²) < 4.78 is 15.4. The second kappa shape index (κ2) is 15.1. The zero-order valence-corrected chi connectivity index (χ0v) is 14.0. The summed E-state index contributed by atoms with van der Waals surface area (Å²) in [4.78, 5) is 11.2. The molecule has 1 unspecified atom stereocenters. The molecule has 0 aliphatic carbocycles. The van der Waals surface area contributed by atoms with Crippen molar-refractivity contribution >= 4 is 18.0 Å². The fourth-order valence-electron chi connectivity index (χ4n) is 1.72. The monoisotopic (exact) mass is 306 g/mol. The molecule has 1 heterocycles. The van der Waals surface area contributed by atoms with E-state index >= 15 is 0 Å². The maximum atomic E-state index is 11.2. The number of unbranched alkanes of at least 4 members (excludes halogenated alkanes) is 2. The predicted molar refractivity (Wildman–Crippen MR) is 83.8 cm³/mol. The van der Waals surface area contributed by atoms with Crippen LogP contribution in [0.25, 0.3) is 0 Å². The molecule has 0 saturated carbocycles. The number of ether oxygens (including phenoxy) is 2. The molecule has 0 aromatic rings. The van der Waals surface area contributed by atoms with Crippen LogP contribution in [0.5, 0.6) is 0 Å². The Bertz CT molecular complexity index is 214. The van der Waals surface area contributed by atoms with Gasteiger partial charge in [0.15, 0.2) is 0 Å². The number of carbonyl (C=O) groups excluding carboxylic acids is 1. The van der Waals surface area contributed by atoms with Gasteiger partial charge < -0.3 is 13.7 Å². The van der Waals surface area contributed by atoms with Crippen molar-refractivity contribution in [3.63, 3.8) is 0 Å². The molecule has 1 saturated heterocycles. The summed E-state index contributed by atoms with van der Waals surface area (Å²) in [6, 6.07) is 0. The zero-order chi connectivity index (χ0) is 15.1. The van der Waals surface area contributed by atoms with Crippen LogP contribution < -0.4 is 0 Å². The molecule has 20 heavy (non-hydrogen) atoms. The summed E-state index contributed by atoms with van der Waals surface area (Å²) >= 11 is 1.51. The van der Waals surface area contributed by atoms with Crippen molar-refractivity contribution in [1.82, 2.24) is 0 Å². The lowest BCUT2D eigenvalue weighted by Crippen LogP contribution is -2.17. The average Bonchev–Trinajstić information content (AvgIpc) is 2.97. The van der Waals surface area contributed by atoms with Gasteiger partial charge in [0, 0.05) is 18.8 Å². The van der Waals surface area contributed by atoms with Crippen LogP contribution in [0.1, 0.15) is 59.3 Å². The number of hydrogen-bond donors (Lipinski definition) is 0. The van der Waals surface area contributed by atoms with Gasteiger partial charge in [-0.15, -0.1) is 0 Å². The van der Waals surface area contributed by atoms with Gasteiger partial charge in [-0.2, -0.15) is 0 Å². The maximum absolute atomic E-state index is 11.2. The van der Waals surface area contributed by atoms with Crippen molar-refractivity contribution < 1.29 is 18.5 Å². The molecule has 1 aliphatic heterocycles. The van der Waals surface area contributed by atoms with Gasteiger partial charge in [0.1, 0.15) is 6.61 Å². The molecule has 0 spiro atoms. The van der Waals surface area contributed by atoms with E-state index in [2.05, 4.69) is 13.8 Å². The minimum Gasteiger partial charge on any atom is -0.463 e. The van der Waals surface area contributed by atoms with Crippen molar-refractivity contribution in [2.24, 2.45) is 0 Å². The second-order valence-corrected chi connectivity index (χ2v) is 5.64. The molecule has 0 N–H and O–H groups in total. The van der Waals surface area contributed by atoms with Crippen LogP contribution in [0.4, 0.5) is 0 Å². The fraction of sp³-hybridized carbons (Fsp3) is 0.933. The molecule has 0 aromatic heterocycles. The van der Waals surface area contributed by atoms with Crippen LogP contribution in [-0.2, 0) is 18.5 Å². The molecule has 0 amide bonds. The first-order valence-corrected chi connectivity index (χ1v) is 8.67. The number of carbonyl (C=O) groups is 1. The highest BCUT2D eigenvalue weighted by atomic mass is 32.2. The molecule has 0 bridgehead atoms. The van der Waals surface area contributed by atoms with Crippen LogP contribution in [0.3, 0.4) is 0 Å².